The largest absolute Gasteiger partial charge is 0.354 e. The van der Waals surface area contributed by atoms with Crippen molar-refractivity contribution in [2.75, 3.05) is 7.05 Å². The van der Waals surface area contributed by atoms with Gasteiger partial charge in [0.25, 0.3) is 11.8 Å². The number of hydrogen-bond donors (Lipinski definition) is 1. The lowest BCUT2D eigenvalue weighted by molar-refractivity contribution is -0.120. The minimum atomic E-state index is -0.459. The van der Waals surface area contributed by atoms with Crippen molar-refractivity contribution in [3.05, 3.63) is 35.6 Å². The zero-order chi connectivity index (χ0) is 10.8. The number of nitrogens with zero attached hydrogens (tertiary/aromatic N) is 2. The van der Waals surface area contributed by atoms with Gasteiger partial charge in [0.05, 0.1) is 5.92 Å². The van der Waals surface area contributed by atoms with Crippen molar-refractivity contribution >= 4 is 11.8 Å². The van der Waals surface area contributed by atoms with Crippen LogP contribution in [0.3, 0.4) is 0 Å². The molecule has 2 aliphatic rings. The molecule has 0 aromatic carbocycles. The summed E-state index contributed by atoms with van der Waals surface area (Å²) in [5, 5.41) is 9.53. The topological polar surface area (TPSA) is 70.9 Å². The van der Waals surface area contributed by atoms with Gasteiger partial charge in [-0.1, -0.05) is 24.3 Å². The Morgan fingerprint density at radius 3 is 2.93 bits per heavy atom. The van der Waals surface area contributed by atoms with Crippen molar-refractivity contribution < 1.29 is 9.59 Å². The van der Waals surface area contributed by atoms with Gasteiger partial charge in [0.1, 0.15) is 0 Å². The van der Waals surface area contributed by atoms with E-state index in [1.807, 2.05) is 0 Å². The van der Waals surface area contributed by atoms with Gasteiger partial charge in [0.2, 0.25) is 0 Å². The van der Waals surface area contributed by atoms with Gasteiger partial charge in [-0.2, -0.15) is 0 Å². The van der Waals surface area contributed by atoms with Gasteiger partial charge in [-0.15, -0.1) is 10.2 Å². The van der Waals surface area contributed by atoms with Crippen molar-refractivity contribution in [3.8, 4) is 0 Å². The highest BCUT2D eigenvalue weighted by Gasteiger charge is 2.29. The van der Waals surface area contributed by atoms with Crippen molar-refractivity contribution in [2.24, 2.45) is 16.1 Å². The fraction of sp³-hybridized carbons (Fsp3) is 0.200. The molecule has 1 aliphatic carbocycles. The Balaban J connectivity index is 2.49. The first-order chi connectivity index (χ1) is 7.24. The summed E-state index contributed by atoms with van der Waals surface area (Å²) in [5.41, 5.74) is 0.819. The van der Waals surface area contributed by atoms with Crippen LogP contribution in [0.15, 0.2) is 45.8 Å². The lowest BCUT2D eigenvalue weighted by Crippen LogP contribution is -2.26. The number of amides is 2. The van der Waals surface area contributed by atoms with Crippen LogP contribution in [0, 0.1) is 5.92 Å². The summed E-state index contributed by atoms with van der Waals surface area (Å²) in [6, 6.07) is 0. The maximum atomic E-state index is 11.4. The number of fused-ring (bicyclic) bond motifs is 1. The number of hydrogen-bond acceptors (Lipinski definition) is 3. The highest BCUT2D eigenvalue weighted by atomic mass is 16.2. The van der Waals surface area contributed by atoms with Crippen molar-refractivity contribution in [1.82, 2.24) is 5.32 Å². The predicted molar refractivity (Wildman–Crippen MR) is 52.7 cm³/mol. The third-order valence-electron chi connectivity index (χ3n) is 2.26. The first-order valence-electron chi connectivity index (χ1n) is 4.50. The predicted octanol–water partition coefficient (Wildman–Crippen LogP) is 0.721. The van der Waals surface area contributed by atoms with Gasteiger partial charge in [-0.25, -0.2) is 0 Å². The van der Waals surface area contributed by atoms with Crippen LogP contribution in [-0.2, 0) is 9.59 Å². The molecule has 0 fully saturated rings. The molecule has 1 atom stereocenters. The quantitative estimate of drug-likeness (QED) is 0.682. The summed E-state index contributed by atoms with van der Waals surface area (Å²) in [6.07, 6.45) is 6.95. The highest BCUT2D eigenvalue weighted by Crippen LogP contribution is 2.28. The van der Waals surface area contributed by atoms with E-state index in [1.54, 1.807) is 24.3 Å². The monoisotopic (exact) mass is 203 g/mol. The van der Waals surface area contributed by atoms with Crippen LogP contribution in [0.2, 0.25) is 0 Å². The van der Waals surface area contributed by atoms with E-state index in [0.29, 0.717) is 5.57 Å². The van der Waals surface area contributed by atoms with Crippen LogP contribution >= 0.6 is 0 Å². The molecule has 5 heteroatoms. The highest BCUT2D eigenvalue weighted by molar-refractivity contribution is 5.98. The van der Waals surface area contributed by atoms with Crippen LogP contribution in [0.1, 0.15) is 0 Å². The molecule has 2 amide bonds. The van der Waals surface area contributed by atoms with Gasteiger partial charge in [0.15, 0.2) is 5.70 Å². The maximum absolute atomic E-state index is 11.4. The molecular weight excluding hydrogens is 194 g/mol. The average Bonchev–Trinajstić information content (AvgIpc) is 2.29. The zero-order valence-electron chi connectivity index (χ0n) is 8.10. The number of likely N-dealkylation sites (N-methyl/N-ethyl adjacent to an activating group) is 1. The molecule has 2 rings (SSSR count). The van der Waals surface area contributed by atoms with E-state index in [2.05, 4.69) is 15.5 Å². The molecule has 76 valence electrons. The van der Waals surface area contributed by atoms with Gasteiger partial charge in [-0.05, 0) is 0 Å². The van der Waals surface area contributed by atoms with Gasteiger partial charge >= 0.3 is 0 Å². The molecule has 5 nitrogen and oxygen atoms in total. The lowest BCUT2D eigenvalue weighted by atomic mass is 9.91. The summed E-state index contributed by atoms with van der Waals surface area (Å²) in [6.45, 7) is 0. The van der Waals surface area contributed by atoms with Crippen LogP contribution in [0.25, 0.3) is 0 Å². The molecule has 0 aromatic rings. The van der Waals surface area contributed by atoms with Crippen LogP contribution < -0.4 is 5.32 Å². The minimum absolute atomic E-state index is 0.211. The molecule has 0 saturated heterocycles. The Morgan fingerprint density at radius 2 is 2.20 bits per heavy atom. The molecule has 0 radical (unpaired) electrons. The SMILES string of the molecule is CNC(=O)C1=C2C=CC=CC2C(=O)N=N1. The van der Waals surface area contributed by atoms with E-state index < -0.39 is 5.92 Å². The second-order valence-corrected chi connectivity index (χ2v) is 3.14. The number of allylic oxidation sites excluding steroid dienone is 3. The molecular formula is C10H9N3O2. The second-order valence-electron chi connectivity index (χ2n) is 3.14. The number of nitrogens with one attached hydrogen (secondary N) is 1. The van der Waals surface area contributed by atoms with Gasteiger partial charge in [-0.3, -0.25) is 9.59 Å². The van der Waals surface area contributed by atoms with Crippen LogP contribution in [0.4, 0.5) is 0 Å². The second kappa shape index (κ2) is 3.61. The van der Waals surface area contributed by atoms with Crippen LogP contribution in [-0.4, -0.2) is 18.9 Å². The molecule has 0 bridgehead atoms. The Morgan fingerprint density at radius 1 is 1.40 bits per heavy atom. The van der Waals surface area contributed by atoms with E-state index in [-0.39, 0.29) is 17.5 Å². The summed E-state index contributed by atoms with van der Waals surface area (Å²) < 4.78 is 0. The molecule has 1 N–H and O–H groups in total. The zero-order valence-corrected chi connectivity index (χ0v) is 8.10. The fourth-order valence-corrected chi connectivity index (χ4v) is 1.50. The third-order valence-corrected chi connectivity index (χ3v) is 2.26. The van der Waals surface area contributed by atoms with E-state index >= 15 is 0 Å². The molecule has 15 heavy (non-hydrogen) atoms. The van der Waals surface area contributed by atoms with E-state index in [9.17, 15) is 9.59 Å². The fourth-order valence-electron chi connectivity index (χ4n) is 1.50. The first-order valence-corrected chi connectivity index (χ1v) is 4.50. The molecule has 1 heterocycles. The average molecular weight is 203 g/mol. The number of carbonyl (C=O) groups excluding carboxylic acids is 2. The smallest absolute Gasteiger partial charge is 0.276 e. The van der Waals surface area contributed by atoms with E-state index in [4.69, 9.17) is 0 Å². The van der Waals surface area contributed by atoms with E-state index in [1.165, 1.54) is 7.05 Å². The summed E-state index contributed by atoms with van der Waals surface area (Å²) in [5.74, 6) is -1.12. The Hall–Kier alpha value is -2.04. The summed E-state index contributed by atoms with van der Waals surface area (Å²) >= 11 is 0. The summed E-state index contributed by atoms with van der Waals surface area (Å²) in [4.78, 5) is 22.8. The Bertz CT molecular complexity index is 444. The standard InChI is InChI=1S/C10H9N3O2/c1-11-10(15)8-6-4-2-3-5-7(6)9(14)13-12-8/h2-5,7H,1H3,(H,11,15). The molecule has 0 saturated carbocycles. The van der Waals surface area contributed by atoms with Crippen molar-refractivity contribution in [3.63, 3.8) is 0 Å². The van der Waals surface area contributed by atoms with Crippen molar-refractivity contribution in [2.45, 2.75) is 0 Å². The number of carbonyl (C=O) groups is 2. The van der Waals surface area contributed by atoms with Crippen molar-refractivity contribution in [1.29, 1.82) is 0 Å². The number of rotatable bonds is 1. The van der Waals surface area contributed by atoms with Gasteiger partial charge in [0, 0.05) is 12.6 Å². The molecule has 1 unspecified atom stereocenters. The normalized spacial score (nSPS) is 23.0. The number of azo groups is 1. The Kier molecular flexibility index (Phi) is 2.29. The van der Waals surface area contributed by atoms with Crippen LogP contribution in [0.5, 0.6) is 0 Å². The van der Waals surface area contributed by atoms with Gasteiger partial charge < -0.3 is 5.32 Å². The lowest BCUT2D eigenvalue weighted by Gasteiger charge is -2.18. The molecule has 0 aromatic heterocycles. The minimum Gasteiger partial charge on any atom is -0.354 e. The molecule has 0 spiro atoms. The third kappa shape index (κ3) is 1.52. The summed E-state index contributed by atoms with van der Waals surface area (Å²) in [7, 11) is 1.51. The molecule has 1 aliphatic heterocycles. The first kappa shape index (κ1) is 9.51. The maximum Gasteiger partial charge on any atom is 0.276 e. The Labute approximate surface area is 86.3 Å². The van der Waals surface area contributed by atoms with E-state index in [0.717, 1.165) is 0 Å².